The first-order valence-corrected chi connectivity index (χ1v) is 5.80. The van der Waals surface area contributed by atoms with Gasteiger partial charge in [0.25, 0.3) is 0 Å². The molecule has 0 aliphatic heterocycles. The van der Waals surface area contributed by atoms with Crippen LogP contribution >= 0.6 is 0 Å². The zero-order valence-corrected chi connectivity index (χ0v) is 10.8. The lowest BCUT2D eigenvalue weighted by Gasteiger charge is -2.35. The molecule has 0 aromatic heterocycles. The van der Waals surface area contributed by atoms with Crippen LogP contribution in [0.4, 0.5) is 0 Å². The lowest BCUT2D eigenvalue weighted by molar-refractivity contribution is -0.00158. The molecule has 1 atom stereocenters. The fraction of sp³-hybridized carbons (Fsp3) is 0.375. The summed E-state index contributed by atoms with van der Waals surface area (Å²) in [6.07, 6.45) is 2.18. The predicted octanol–water partition coefficient (Wildman–Crippen LogP) is 3.39. The maximum absolute atomic E-state index is 10.6. The maximum atomic E-state index is 10.6. The van der Waals surface area contributed by atoms with E-state index in [1.165, 1.54) is 0 Å². The van der Waals surface area contributed by atoms with Crippen LogP contribution in [-0.2, 0) is 0 Å². The molecular weight excluding hydrogens is 208 g/mol. The van der Waals surface area contributed by atoms with Gasteiger partial charge in [-0.15, -0.1) is 6.58 Å². The highest BCUT2D eigenvalue weighted by Gasteiger charge is 2.37. The van der Waals surface area contributed by atoms with E-state index >= 15 is 0 Å². The van der Waals surface area contributed by atoms with Gasteiger partial charge in [0, 0.05) is 17.4 Å². The normalized spacial score (nSPS) is 14.4. The van der Waals surface area contributed by atoms with Gasteiger partial charge in [-0.1, -0.05) is 56.9 Å². The fourth-order valence-electron chi connectivity index (χ4n) is 1.45. The molecule has 1 nitrogen and oxygen atoms in total. The number of aliphatic hydroxyl groups is 1. The highest BCUT2D eigenvalue weighted by molar-refractivity contribution is 5.37. The molecule has 0 spiro atoms. The van der Waals surface area contributed by atoms with Gasteiger partial charge in [0.05, 0.1) is 0 Å². The molecule has 1 aromatic carbocycles. The van der Waals surface area contributed by atoms with Crippen LogP contribution < -0.4 is 0 Å². The summed E-state index contributed by atoms with van der Waals surface area (Å²) in [6.45, 7) is 9.63. The van der Waals surface area contributed by atoms with E-state index in [-0.39, 0.29) is 5.41 Å². The molecule has 0 fully saturated rings. The average molecular weight is 228 g/mol. The molecular formula is C16H20O. The smallest absolute Gasteiger partial charge is 0.134 e. The van der Waals surface area contributed by atoms with E-state index in [1.54, 1.807) is 6.08 Å². The van der Waals surface area contributed by atoms with Gasteiger partial charge in [0.1, 0.15) is 5.60 Å². The second kappa shape index (κ2) is 5.21. The molecule has 17 heavy (non-hydrogen) atoms. The Bertz CT molecular complexity index is 428. The lowest BCUT2D eigenvalue weighted by Crippen LogP contribution is -2.41. The van der Waals surface area contributed by atoms with Crippen LogP contribution in [0.15, 0.2) is 43.0 Å². The third kappa shape index (κ3) is 3.47. The molecule has 0 saturated heterocycles. The Balaban J connectivity index is 3.04. The molecule has 0 heterocycles. The van der Waals surface area contributed by atoms with Gasteiger partial charge >= 0.3 is 0 Å². The average Bonchev–Trinajstić information content (AvgIpc) is 2.27. The summed E-state index contributed by atoms with van der Waals surface area (Å²) in [5, 5.41) is 10.6. The van der Waals surface area contributed by atoms with Crippen molar-refractivity contribution in [2.45, 2.75) is 32.8 Å². The van der Waals surface area contributed by atoms with E-state index in [9.17, 15) is 5.11 Å². The first-order valence-electron chi connectivity index (χ1n) is 5.80. The van der Waals surface area contributed by atoms with Crippen molar-refractivity contribution in [3.8, 4) is 11.8 Å². The van der Waals surface area contributed by atoms with Gasteiger partial charge in [-0.2, -0.15) is 0 Å². The van der Waals surface area contributed by atoms with Gasteiger partial charge in [-0.05, 0) is 12.1 Å². The standard InChI is InChI=1S/C16H20O/c1-5-12-16(17,15(2,3)4)13-11-14-9-7-6-8-10-14/h5-10,17H,1,12H2,2-4H3/t16-/m0/s1. The van der Waals surface area contributed by atoms with E-state index in [4.69, 9.17) is 0 Å². The highest BCUT2D eigenvalue weighted by atomic mass is 16.3. The summed E-state index contributed by atoms with van der Waals surface area (Å²) in [6, 6.07) is 9.69. The molecule has 1 rings (SSSR count). The van der Waals surface area contributed by atoms with Gasteiger partial charge in [0.15, 0.2) is 0 Å². The van der Waals surface area contributed by atoms with E-state index in [0.717, 1.165) is 5.56 Å². The Kier molecular flexibility index (Phi) is 4.15. The molecule has 0 amide bonds. The summed E-state index contributed by atoms with van der Waals surface area (Å²) in [5.41, 5.74) is -0.424. The Morgan fingerprint density at radius 1 is 1.24 bits per heavy atom. The summed E-state index contributed by atoms with van der Waals surface area (Å²) in [5.74, 6) is 6.02. The van der Waals surface area contributed by atoms with Crippen molar-refractivity contribution < 1.29 is 5.11 Å². The van der Waals surface area contributed by atoms with E-state index in [1.807, 2.05) is 51.1 Å². The minimum Gasteiger partial charge on any atom is -0.377 e. The first kappa shape index (κ1) is 13.5. The van der Waals surface area contributed by atoms with Gasteiger partial charge < -0.3 is 5.11 Å². The molecule has 0 saturated carbocycles. The predicted molar refractivity (Wildman–Crippen MR) is 72.5 cm³/mol. The quantitative estimate of drug-likeness (QED) is 0.607. The van der Waals surface area contributed by atoms with Crippen molar-refractivity contribution in [3.63, 3.8) is 0 Å². The Morgan fingerprint density at radius 3 is 2.29 bits per heavy atom. The molecule has 0 unspecified atom stereocenters. The number of benzene rings is 1. The van der Waals surface area contributed by atoms with Gasteiger partial charge in [-0.3, -0.25) is 0 Å². The third-order valence-corrected chi connectivity index (χ3v) is 2.87. The van der Waals surface area contributed by atoms with Crippen LogP contribution in [0.2, 0.25) is 0 Å². The monoisotopic (exact) mass is 228 g/mol. The third-order valence-electron chi connectivity index (χ3n) is 2.87. The highest BCUT2D eigenvalue weighted by Crippen LogP contribution is 2.33. The topological polar surface area (TPSA) is 20.2 Å². The summed E-state index contributed by atoms with van der Waals surface area (Å²) in [4.78, 5) is 0. The minimum absolute atomic E-state index is 0.303. The summed E-state index contributed by atoms with van der Waals surface area (Å²) >= 11 is 0. The Morgan fingerprint density at radius 2 is 1.82 bits per heavy atom. The molecule has 0 radical (unpaired) electrons. The van der Waals surface area contributed by atoms with E-state index in [0.29, 0.717) is 6.42 Å². The van der Waals surface area contributed by atoms with Gasteiger partial charge in [0.2, 0.25) is 0 Å². The first-order chi connectivity index (χ1) is 7.89. The van der Waals surface area contributed by atoms with Crippen LogP contribution in [-0.4, -0.2) is 10.7 Å². The van der Waals surface area contributed by atoms with Crippen LogP contribution in [0, 0.1) is 17.3 Å². The van der Waals surface area contributed by atoms with Crippen molar-refractivity contribution in [2.24, 2.45) is 5.41 Å². The maximum Gasteiger partial charge on any atom is 0.134 e. The second-order valence-electron chi connectivity index (χ2n) is 5.22. The molecule has 0 aliphatic carbocycles. The number of rotatable bonds is 2. The molecule has 1 aromatic rings. The molecule has 0 aliphatic rings. The Labute approximate surface area is 104 Å². The van der Waals surface area contributed by atoms with E-state index < -0.39 is 5.60 Å². The van der Waals surface area contributed by atoms with Crippen LogP contribution in [0.3, 0.4) is 0 Å². The van der Waals surface area contributed by atoms with Crippen LogP contribution in [0.1, 0.15) is 32.8 Å². The SMILES string of the molecule is C=CC[C@](O)(C#Cc1ccccc1)C(C)(C)C. The van der Waals surface area contributed by atoms with Crippen LogP contribution in [0.25, 0.3) is 0 Å². The summed E-state index contributed by atoms with van der Waals surface area (Å²) in [7, 11) is 0. The van der Waals surface area contributed by atoms with Crippen LogP contribution in [0.5, 0.6) is 0 Å². The van der Waals surface area contributed by atoms with Crippen molar-refractivity contribution in [2.75, 3.05) is 0 Å². The van der Waals surface area contributed by atoms with Gasteiger partial charge in [-0.25, -0.2) is 0 Å². The van der Waals surface area contributed by atoms with Crippen molar-refractivity contribution in [3.05, 3.63) is 48.6 Å². The largest absolute Gasteiger partial charge is 0.377 e. The molecule has 1 heteroatoms. The number of hydrogen-bond acceptors (Lipinski definition) is 1. The lowest BCUT2D eigenvalue weighted by atomic mass is 9.75. The fourth-order valence-corrected chi connectivity index (χ4v) is 1.45. The molecule has 1 N–H and O–H groups in total. The van der Waals surface area contributed by atoms with E-state index in [2.05, 4.69) is 18.4 Å². The summed E-state index contributed by atoms with van der Waals surface area (Å²) < 4.78 is 0. The second-order valence-corrected chi connectivity index (χ2v) is 5.22. The van der Waals surface area contributed by atoms with Crippen molar-refractivity contribution in [1.82, 2.24) is 0 Å². The minimum atomic E-state index is -1.04. The number of hydrogen-bond donors (Lipinski definition) is 1. The zero-order chi connectivity index (χ0) is 12.9. The zero-order valence-electron chi connectivity index (χ0n) is 10.8. The Hall–Kier alpha value is -1.52. The molecule has 0 bridgehead atoms. The van der Waals surface area contributed by atoms with Crippen molar-refractivity contribution >= 4 is 0 Å². The van der Waals surface area contributed by atoms with Crippen molar-refractivity contribution in [1.29, 1.82) is 0 Å². The molecule has 90 valence electrons.